The molecule has 3 aromatic rings. The molecule has 0 spiro atoms. The van der Waals surface area contributed by atoms with Crippen molar-refractivity contribution in [1.82, 2.24) is 5.43 Å². The topological polar surface area (TPSA) is 61.7 Å². The minimum Gasteiger partial charge on any atom is -0.372 e. The van der Waals surface area contributed by atoms with Gasteiger partial charge in [-0.3, -0.25) is 4.79 Å². The molecular weight excluding hydrogens is 324 g/mol. The van der Waals surface area contributed by atoms with Crippen molar-refractivity contribution in [1.29, 1.82) is 0 Å². The van der Waals surface area contributed by atoms with E-state index in [1.165, 1.54) is 0 Å². The average Bonchev–Trinajstić information content (AvgIpc) is 2.68. The Labute approximate surface area is 152 Å². The molecule has 0 saturated heterocycles. The maximum absolute atomic E-state index is 12.8. The van der Waals surface area contributed by atoms with Gasteiger partial charge in [-0.25, -0.2) is 5.43 Å². The van der Waals surface area contributed by atoms with Crippen LogP contribution in [0.1, 0.15) is 22.3 Å². The minimum atomic E-state index is -1.83. The molecular formula is C22H20N2O2. The molecule has 0 aromatic heterocycles. The number of rotatable bonds is 5. The van der Waals surface area contributed by atoms with Crippen molar-refractivity contribution in [3.05, 3.63) is 107 Å². The summed E-state index contributed by atoms with van der Waals surface area (Å²) in [5.74, 6) is -0.612. The molecule has 0 unspecified atom stereocenters. The summed E-state index contributed by atoms with van der Waals surface area (Å²) in [7, 11) is 0. The van der Waals surface area contributed by atoms with Crippen LogP contribution in [0.2, 0.25) is 0 Å². The number of hydrazone groups is 1. The maximum atomic E-state index is 12.8. The first kappa shape index (κ1) is 17.6. The first-order valence-corrected chi connectivity index (χ1v) is 8.34. The summed E-state index contributed by atoms with van der Waals surface area (Å²) in [6, 6.07) is 25.4. The Kier molecular flexibility index (Phi) is 5.25. The number of benzene rings is 3. The van der Waals surface area contributed by atoms with Crippen molar-refractivity contribution in [3.63, 3.8) is 0 Å². The molecule has 0 aliphatic carbocycles. The highest BCUT2D eigenvalue weighted by atomic mass is 16.3. The zero-order valence-electron chi connectivity index (χ0n) is 14.5. The third kappa shape index (κ3) is 3.71. The van der Waals surface area contributed by atoms with Crippen molar-refractivity contribution in [2.45, 2.75) is 12.5 Å². The fourth-order valence-electron chi connectivity index (χ4n) is 2.78. The number of hydrogen-bond donors (Lipinski definition) is 2. The SMILES string of the molecule is Cc1cccc(/C=N\NC(=O)C(O)(c2ccccc2)c2ccccc2)c1. The largest absolute Gasteiger partial charge is 0.372 e. The summed E-state index contributed by atoms with van der Waals surface area (Å²) in [6.45, 7) is 1.99. The van der Waals surface area contributed by atoms with Gasteiger partial charge in [-0.1, -0.05) is 90.5 Å². The third-order valence-corrected chi connectivity index (χ3v) is 4.13. The number of amides is 1. The molecule has 26 heavy (non-hydrogen) atoms. The fourth-order valence-corrected chi connectivity index (χ4v) is 2.78. The fraction of sp³-hybridized carbons (Fsp3) is 0.0909. The third-order valence-electron chi connectivity index (χ3n) is 4.13. The molecule has 2 N–H and O–H groups in total. The molecule has 0 atom stereocenters. The highest BCUT2D eigenvalue weighted by Gasteiger charge is 2.39. The lowest BCUT2D eigenvalue weighted by Crippen LogP contribution is -2.43. The van der Waals surface area contributed by atoms with Crippen LogP contribution in [0.5, 0.6) is 0 Å². The van der Waals surface area contributed by atoms with Gasteiger partial charge in [0.25, 0.3) is 5.91 Å². The van der Waals surface area contributed by atoms with Crippen LogP contribution in [0, 0.1) is 6.92 Å². The molecule has 4 nitrogen and oxygen atoms in total. The highest BCUT2D eigenvalue weighted by molar-refractivity contribution is 5.91. The molecule has 130 valence electrons. The van der Waals surface area contributed by atoms with Crippen LogP contribution in [0.4, 0.5) is 0 Å². The molecule has 0 radical (unpaired) electrons. The molecule has 0 saturated carbocycles. The van der Waals surface area contributed by atoms with Crippen LogP contribution >= 0.6 is 0 Å². The standard InChI is InChI=1S/C22H20N2O2/c1-17-9-8-10-18(15-17)16-23-24-21(25)22(26,19-11-4-2-5-12-19)20-13-6-3-7-14-20/h2-16,26H,1H3,(H,24,25)/b23-16-. The average molecular weight is 344 g/mol. The normalized spacial score (nSPS) is 11.5. The van der Waals surface area contributed by atoms with Gasteiger partial charge >= 0.3 is 0 Å². The number of hydrogen-bond acceptors (Lipinski definition) is 3. The van der Waals surface area contributed by atoms with E-state index in [4.69, 9.17) is 0 Å². The number of aryl methyl sites for hydroxylation is 1. The predicted octanol–water partition coefficient (Wildman–Crippen LogP) is 3.38. The van der Waals surface area contributed by atoms with E-state index in [0.29, 0.717) is 11.1 Å². The molecule has 1 amide bonds. The van der Waals surface area contributed by atoms with Gasteiger partial charge in [-0.05, 0) is 23.6 Å². The van der Waals surface area contributed by atoms with Gasteiger partial charge in [0, 0.05) is 0 Å². The molecule has 0 heterocycles. The Morgan fingerprint density at radius 1 is 0.923 bits per heavy atom. The number of carbonyl (C=O) groups excluding carboxylic acids is 1. The number of carbonyl (C=O) groups is 1. The first-order valence-electron chi connectivity index (χ1n) is 8.34. The van der Waals surface area contributed by atoms with Crippen LogP contribution in [-0.4, -0.2) is 17.2 Å². The highest BCUT2D eigenvalue weighted by Crippen LogP contribution is 2.29. The lowest BCUT2D eigenvalue weighted by atomic mass is 9.85. The van der Waals surface area contributed by atoms with E-state index in [0.717, 1.165) is 11.1 Å². The minimum absolute atomic E-state index is 0.481. The van der Waals surface area contributed by atoms with E-state index in [1.54, 1.807) is 54.7 Å². The number of nitrogens with zero attached hydrogens (tertiary/aromatic N) is 1. The summed E-state index contributed by atoms with van der Waals surface area (Å²) in [4.78, 5) is 12.8. The van der Waals surface area contributed by atoms with E-state index in [-0.39, 0.29) is 0 Å². The summed E-state index contributed by atoms with van der Waals surface area (Å²) < 4.78 is 0. The van der Waals surface area contributed by atoms with Crippen LogP contribution in [0.15, 0.2) is 90.0 Å². The lowest BCUT2D eigenvalue weighted by molar-refractivity contribution is -0.136. The van der Waals surface area contributed by atoms with E-state index in [9.17, 15) is 9.90 Å². The second kappa shape index (κ2) is 7.76. The van der Waals surface area contributed by atoms with Gasteiger partial charge < -0.3 is 5.11 Å². The molecule has 3 aromatic carbocycles. The molecule has 4 heteroatoms. The summed E-state index contributed by atoms with van der Waals surface area (Å²) in [5.41, 5.74) is 3.57. The van der Waals surface area contributed by atoms with Crippen molar-refractivity contribution >= 4 is 12.1 Å². The lowest BCUT2D eigenvalue weighted by Gasteiger charge is -2.27. The van der Waals surface area contributed by atoms with Crippen molar-refractivity contribution < 1.29 is 9.90 Å². The van der Waals surface area contributed by atoms with Gasteiger partial charge in [0.05, 0.1) is 6.21 Å². The monoisotopic (exact) mass is 344 g/mol. The van der Waals surface area contributed by atoms with Crippen molar-refractivity contribution in [2.75, 3.05) is 0 Å². The molecule has 0 bridgehead atoms. The quantitative estimate of drug-likeness (QED) is 0.550. The van der Waals surface area contributed by atoms with E-state index in [2.05, 4.69) is 10.5 Å². The van der Waals surface area contributed by atoms with Crippen LogP contribution < -0.4 is 5.43 Å². The smallest absolute Gasteiger partial charge is 0.281 e. The van der Waals surface area contributed by atoms with Gasteiger partial charge in [0.1, 0.15) is 0 Å². The zero-order valence-corrected chi connectivity index (χ0v) is 14.5. The van der Waals surface area contributed by atoms with Crippen molar-refractivity contribution in [3.8, 4) is 0 Å². The Balaban J connectivity index is 1.89. The summed E-state index contributed by atoms with van der Waals surface area (Å²) >= 11 is 0. The van der Waals surface area contributed by atoms with Gasteiger partial charge in [0.2, 0.25) is 0 Å². The Hall–Kier alpha value is -3.24. The van der Waals surface area contributed by atoms with E-state index in [1.807, 2.05) is 43.3 Å². The number of aliphatic hydroxyl groups is 1. The number of nitrogens with one attached hydrogen (secondary N) is 1. The first-order chi connectivity index (χ1) is 12.6. The van der Waals surface area contributed by atoms with Gasteiger partial charge in [0.15, 0.2) is 5.60 Å². The molecule has 0 aliphatic heterocycles. The van der Waals surface area contributed by atoms with Crippen molar-refractivity contribution in [2.24, 2.45) is 5.10 Å². The molecule has 3 rings (SSSR count). The van der Waals surface area contributed by atoms with Gasteiger partial charge in [-0.15, -0.1) is 0 Å². The van der Waals surface area contributed by atoms with E-state index < -0.39 is 11.5 Å². The Bertz CT molecular complexity index is 866. The summed E-state index contributed by atoms with van der Waals surface area (Å²) in [6.07, 6.45) is 1.56. The molecule has 0 aliphatic rings. The van der Waals surface area contributed by atoms with Crippen LogP contribution in [0.3, 0.4) is 0 Å². The zero-order chi connectivity index (χ0) is 18.4. The Morgan fingerprint density at radius 2 is 1.50 bits per heavy atom. The molecule has 0 fully saturated rings. The Morgan fingerprint density at radius 3 is 2.04 bits per heavy atom. The van der Waals surface area contributed by atoms with E-state index >= 15 is 0 Å². The van der Waals surface area contributed by atoms with Crippen LogP contribution in [0.25, 0.3) is 0 Å². The summed E-state index contributed by atoms with van der Waals surface area (Å²) in [5, 5.41) is 15.3. The van der Waals surface area contributed by atoms with Gasteiger partial charge in [-0.2, -0.15) is 5.10 Å². The van der Waals surface area contributed by atoms with Crippen LogP contribution in [-0.2, 0) is 10.4 Å². The maximum Gasteiger partial charge on any atom is 0.281 e. The second-order valence-corrected chi connectivity index (χ2v) is 6.06. The predicted molar refractivity (Wildman–Crippen MR) is 103 cm³/mol. The second-order valence-electron chi connectivity index (χ2n) is 6.06.